The molecule has 5 nitrogen and oxygen atoms in total. The van der Waals surface area contributed by atoms with Gasteiger partial charge in [-0.05, 0) is 32.1 Å². The molecule has 0 saturated heterocycles. The molecule has 1 saturated carbocycles. The summed E-state index contributed by atoms with van der Waals surface area (Å²) < 4.78 is 33.0. The van der Waals surface area contributed by atoms with Gasteiger partial charge in [0, 0.05) is 12.1 Å². The minimum absolute atomic E-state index is 0.0283. The van der Waals surface area contributed by atoms with Crippen LogP contribution in [0.5, 0.6) is 0 Å². The predicted molar refractivity (Wildman–Crippen MR) is 77.7 cm³/mol. The fourth-order valence-corrected chi connectivity index (χ4v) is 4.29. The Morgan fingerprint density at radius 3 is 2.75 bits per heavy atom. The third-order valence-corrected chi connectivity index (χ3v) is 5.62. The van der Waals surface area contributed by atoms with Gasteiger partial charge in [-0.15, -0.1) is 0 Å². The maximum absolute atomic E-state index is 12.4. The number of nitrogens with one attached hydrogen (secondary N) is 1. The van der Waals surface area contributed by atoms with E-state index in [0.29, 0.717) is 17.4 Å². The summed E-state index contributed by atoms with van der Waals surface area (Å²) >= 11 is 0. The average Bonchev–Trinajstić information content (AvgIpc) is 2.66. The zero-order valence-electron chi connectivity index (χ0n) is 12.2. The van der Waals surface area contributed by atoms with Gasteiger partial charge in [0.15, 0.2) is 0 Å². The lowest BCUT2D eigenvalue weighted by Crippen LogP contribution is -2.34. The van der Waals surface area contributed by atoms with Crippen molar-refractivity contribution in [3.8, 4) is 0 Å². The Labute approximate surface area is 121 Å². The highest BCUT2D eigenvalue weighted by atomic mass is 32.2. The minimum Gasteiger partial charge on any atom is -0.464 e. The van der Waals surface area contributed by atoms with Crippen LogP contribution in [0.4, 0.5) is 0 Å². The molecule has 0 bridgehead atoms. The van der Waals surface area contributed by atoms with Crippen molar-refractivity contribution in [1.82, 2.24) is 4.72 Å². The zero-order chi connectivity index (χ0) is 14.8. The predicted octanol–water partition coefficient (Wildman–Crippen LogP) is 2.29. The number of rotatable bonds is 4. The lowest BCUT2D eigenvalue weighted by molar-refractivity contribution is 0.473. The average molecular weight is 300 g/mol. The third-order valence-electron chi connectivity index (χ3n) is 3.99. The minimum atomic E-state index is -3.51. The third kappa shape index (κ3) is 3.62. The second-order valence-corrected chi connectivity index (χ2v) is 7.45. The van der Waals surface area contributed by atoms with Gasteiger partial charge in [-0.2, -0.15) is 0 Å². The molecule has 0 aliphatic heterocycles. The second kappa shape index (κ2) is 6.28. The monoisotopic (exact) mass is 300 g/mol. The van der Waals surface area contributed by atoms with Crippen LogP contribution in [0, 0.1) is 12.8 Å². The van der Waals surface area contributed by atoms with Crippen LogP contribution in [-0.4, -0.2) is 14.5 Å². The summed E-state index contributed by atoms with van der Waals surface area (Å²) in [4.78, 5) is 0.218. The van der Waals surface area contributed by atoms with Crippen LogP contribution in [0.3, 0.4) is 0 Å². The molecule has 1 heterocycles. The van der Waals surface area contributed by atoms with Crippen molar-refractivity contribution in [3.05, 3.63) is 17.6 Å². The molecule has 1 fully saturated rings. The molecular formula is C14H24N2O3S. The summed E-state index contributed by atoms with van der Waals surface area (Å²) in [6.45, 7) is 4.09. The first kappa shape index (κ1) is 15.5. The maximum Gasteiger partial charge on any atom is 0.244 e. The SMILES string of the molecule is Cc1oc(CN)cc1S(=O)(=O)NC1CCCC(C)CC1. The van der Waals surface area contributed by atoms with Gasteiger partial charge in [-0.3, -0.25) is 0 Å². The Kier molecular flexibility index (Phi) is 4.88. The highest BCUT2D eigenvalue weighted by molar-refractivity contribution is 7.89. The van der Waals surface area contributed by atoms with E-state index in [1.807, 2.05) is 0 Å². The number of aryl methyl sites for hydroxylation is 1. The Morgan fingerprint density at radius 1 is 1.35 bits per heavy atom. The Bertz CT molecular complexity index is 551. The van der Waals surface area contributed by atoms with Crippen LogP contribution in [-0.2, 0) is 16.6 Å². The van der Waals surface area contributed by atoms with E-state index in [1.165, 1.54) is 12.5 Å². The smallest absolute Gasteiger partial charge is 0.244 e. The Morgan fingerprint density at radius 2 is 2.10 bits per heavy atom. The van der Waals surface area contributed by atoms with E-state index in [-0.39, 0.29) is 17.5 Å². The number of hydrogen-bond acceptors (Lipinski definition) is 4. The number of furan rings is 1. The van der Waals surface area contributed by atoms with Gasteiger partial charge in [0.2, 0.25) is 10.0 Å². The summed E-state index contributed by atoms with van der Waals surface area (Å²) in [7, 11) is -3.51. The molecule has 2 atom stereocenters. The molecule has 114 valence electrons. The molecule has 1 aliphatic rings. The number of sulfonamides is 1. The van der Waals surface area contributed by atoms with Crippen molar-refractivity contribution in [2.45, 2.75) is 63.4 Å². The van der Waals surface area contributed by atoms with Crippen molar-refractivity contribution in [3.63, 3.8) is 0 Å². The molecular weight excluding hydrogens is 276 g/mol. The fourth-order valence-electron chi connectivity index (χ4n) is 2.78. The van der Waals surface area contributed by atoms with Crippen LogP contribution in [0.2, 0.25) is 0 Å². The number of hydrogen-bond donors (Lipinski definition) is 2. The highest BCUT2D eigenvalue weighted by Crippen LogP contribution is 2.25. The largest absolute Gasteiger partial charge is 0.464 e. The van der Waals surface area contributed by atoms with Crippen molar-refractivity contribution < 1.29 is 12.8 Å². The first-order chi connectivity index (χ1) is 9.42. The summed E-state index contributed by atoms with van der Waals surface area (Å²) in [5, 5.41) is 0. The van der Waals surface area contributed by atoms with Crippen LogP contribution in [0.25, 0.3) is 0 Å². The Hall–Kier alpha value is -0.850. The molecule has 2 unspecified atom stereocenters. The van der Waals surface area contributed by atoms with Gasteiger partial charge >= 0.3 is 0 Å². The standard InChI is InChI=1S/C14H24N2O3S/c1-10-4-3-5-12(7-6-10)16-20(17,18)14-8-13(9-15)19-11(14)2/h8,10,12,16H,3-7,9,15H2,1-2H3. The molecule has 0 aromatic carbocycles. The van der Waals surface area contributed by atoms with Crippen LogP contribution >= 0.6 is 0 Å². The molecule has 0 radical (unpaired) electrons. The molecule has 2 rings (SSSR count). The van der Waals surface area contributed by atoms with Gasteiger partial charge in [-0.25, -0.2) is 13.1 Å². The quantitative estimate of drug-likeness (QED) is 0.835. The van der Waals surface area contributed by atoms with Gasteiger partial charge < -0.3 is 10.2 Å². The van der Waals surface area contributed by atoms with E-state index < -0.39 is 10.0 Å². The van der Waals surface area contributed by atoms with Crippen molar-refractivity contribution in [1.29, 1.82) is 0 Å². The van der Waals surface area contributed by atoms with Crippen LogP contribution < -0.4 is 10.5 Å². The van der Waals surface area contributed by atoms with Crippen molar-refractivity contribution >= 4 is 10.0 Å². The van der Waals surface area contributed by atoms with Gasteiger partial charge in [0.05, 0.1) is 6.54 Å². The molecule has 1 aromatic heterocycles. The van der Waals surface area contributed by atoms with Gasteiger partial charge in [-0.1, -0.05) is 19.8 Å². The molecule has 3 N–H and O–H groups in total. The van der Waals surface area contributed by atoms with E-state index in [9.17, 15) is 8.42 Å². The topological polar surface area (TPSA) is 85.3 Å². The summed E-state index contributed by atoms with van der Waals surface area (Å²) in [5.41, 5.74) is 5.49. The Balaban J connectivity index is 2.12. The van der Waals surface area contributed by atoms with E-state index in [2.05, 4.69) is 11.6 Å². The lowest BCUT2D eigenvalue weighted by Gasteiger charge is -2.16. The zero-order valence-corrected chi connectivity index (χ0v) is 13.0. The normalized spacial score (nSPS) is 24.6. The summed E-state index contributed by atoms with van der Waals surface area (Å²) in [6.07, 6.45) is 5.14. The molecule has 6 heteroatoms. The van der Waals surface area contributed by atoms with Crippen LogP contribution in [0.15, 0.2) is 15.4 Å². The van der Waals surface area contributed by atoms with E-state index in [0.717, 1.165) is 25.7 Å². The maximum atomic E-state index is 12.4. The number of nitrogens with two attached hydrogens (primary N) is 1. The van der Waals surface area contributed by atoms with E-state index >= 15 is 0 Å². The summed E-state index contributed by atoms with van der Waals surface area (Å²) in [5.74, 6) is 1.58. The lowest BCUT2D eigenvalue weighted by atomic mass is 10.0. The second-order valence-electron chi connectivity index (χ2n) is 5.77. The molecule has 1 aliphatic carbocycles. The molecule has 0 spiro atoms. The van der Waals surface area contributed by atoms with Crippen molar-refractivity contribution in [2.24, 2.45) is 11.7 Å². The van der Waals surface area contributed by atoms with E-state index in [1.54, 1.807) is 6.92 Å². The van der Waals surface area contributed by atoms with E-state index in [4.69, 9.17) is 10.2 Å². The summed E-state index contributed by atoms with van der Waals surface area (Å²) in [6, 6.07) is 1.55. The molecule has 1 aromatic rings. The van der Waals surface area contributed by atoms with Crippen molar-refractivity contribution in [2.75, 3.05) is 0 Å². The van der Waals surface area contributed by atoms with Gasteiger partial charge in [0.1, 0.15) is 16.4 Å². The fraction of sp³-hybridized carbons (Fsp3) is 0.714. The van der Waals surface area contributed by atoms with Gasteiger partial charge in [0.25, 0.3) is 0 Å². The highest BCUT2D eigenvalue weighted by Gasteiger charge is 2.26. The molecule has 0 amide bonds. The van der Waals surface area contributed by atoms with Crippen LogP contribution in [0.1, 0.15) is 50.5 Å². The first-order valence-corrected chi connectivity index (χ1v) is 8.72. The molecule has 20 heavy (non-hydrogen) atoms. The first-order valence-electron chi connectivity index (χ1n) is 7.24.